The highest BCUT2D eigenvalue weighted by Gasteiger charge is 2.61. The number of amides is 3. The summed E-state index contributed by atoms with van der Waals surface area (Å²) in [6, 6.07) is -5.11. The maximum Gasteiger partial charge on any atom is 0.364 e. The van der Waals surface area contributed by atoms with Crippen LogP contribution >= 0.6 is 0 Å². The molecule has 26 atom stereocenters. The highest BCUT2D eigenvalue weighted by atomic mass is 16.8. The standard InChI is InChI=1S/C76H139N3O32/c1-5-7-9-11-13-15-17-18-19-20-21-22-23-24-25-27-29-31-33-35-37-49(86)70(98)78-47(59(91)48(85)36-34-32-30-28-26-16-14-12-10-8-6-2)44-104-71-64(96)63(95)66(55(43-83)107-71)108-72-65(97)69(62(94)54(42-82)106-72)111-76(74(101)102)39-51(88)58(67(110-76)60(92)52(89)40-80)79-56(90)45-105-75(73(99)100)38-50(87)57(77-46(3)84)68(109-75)61(93)53(41-81)103-4/h47-55,57-69,71-72,80-83,85-89,91-97H,5-45H2,1-4H3,(H,77,84)(H,78,98)(H,79,90)(H,99,100)(H,101,102)/t47-,48+,49+,50-,51-,52?,53+,54+,55+,57+,58+,59-,60?,61+,62-,63+,64+,65+,66+,67+,68+,69-,71+,72+,75+,76-/m0/s1. The number of aliphatic carboxylic acids is 2. The van der Waals surface area contributed by atoms with Crippen molar-refractivity contribution in [3.8, 4) is 0 Å². The van der Waals surface area contributed by atoms with Gasteiger partial charge in [0.05, 0.1) is 69.5 Å². The maximum atomic E-state index is 13.8. The Bertz CT molecular complexity index is 2550. The van der Waals surface area contributed by atoms with Crippen LogP contribution in [0.15, 0.2) is 0 Å². The third kappa shape index (κ3) is 32.3. The first kappa shape index (κ1) is 99.7. The molecule has 35 nitrogen and oxygen atoms in total. The molecule has 0 saturated carbocycles. The van der Waals surface area contributed by atoms with Gasteiger partial charge in [0.2, 0.25) is 17.7 Å². The van der Waals surface area contributed by atoms with E-state index in [9.17, 15) is 116 Å². The van der Waals surface area contributed by atoms with Crippen LogP contribution in [0, 0.1) is 0 Å². The summed E-state index contributed by atoms with van der Waals surface area (Å²) in [5.74, 6) is -13.7. The van der Waals surface area contributed by atoms with Crippen molar-refractivity contribution in [1.29, 1.82) is 0 Å². The van der Waals surface area contributed by atoms with Gasteiger partial charge in [-0.1, -0.05) is 213 Å². The number of hydrogen-bond donors (Lipinski definition) is 21. The molecule has 0 aliphatic carbocycles. The third-order valence-corrected chi connectivity index (χ3v) is 21.6. The van der Waals surface area contributed by atoms with E-state index < -0.39 is 240 Å². The zero-order chi connectivity index (χ0) is 82.2. The zero-order valence-corrected chi connectivity index (χ0v) is 65.6. The fraction of sp³-hybridized carbons (Fsp3) is 0.934. The summed E-state index contributed by atoms with van der Waals surface area (Å²) in [4.78, 5) is 65.9. The zero-order valence-electron chi connectivity index (χ0n) is 65.6. The average Bonchev–Trinajstić information content (AvgIpc) is 0.761. The number of hydrogen-bond acceptors (Lipinski definition) is 30. The highest BCUT2D eigenvalue weighted by molar-refractivity contribution is 5.81. The molecule has 4 saturated heterocycles. The Hall–Kier alpha value is -3.65. The maximum absolute atomic E-state index is 13.8. The topological polar surface area (TPSA) is 569 Å². The van der Waals surface area contributed by atoms with Crippen LogP contribution in [-0.2, 0) is 66.6 Å². The second-order valence-corrected chi connectivity index (χ2v) is 30.6. The van der Waals surface area contributed by atoms with Crippen LogP contribution < -0.4 is 16.0 Å². The van der Waals surface area contributed by atoms with Crippen LogP contribution in [0.2, 0.25) is 0 Å². The van der Waals surface area contributed by atoms with Gasteiger partial charge >= 0.3 is 11.9 Å². The van der Waals surface area contributed by atoms with Gasteiger partial charge in [0.25, 0.3) is 11.6 Å². The summed E-state index contributed by atoms with van der Waals surface area (Å²) < 4.78 is 50.9. The molecule has 21 N–H and O–H groups in total. The molecule has 2 unspecified atom stereocenters. The van der Waals surface area contributed by atoms with E-state index in [0.29, 0.717) is 12.8 Å². The first-order chi connectivity index (χ1) is 53.1. The molecule has 650 valence electrons. The van der Waals surface area contributed by atoms with Gasteiger partial charge in [0.1, 0.15) is 104 Å². The average molecular weight is 1610 g/mol. The number of ether oxygens (including phenoxy) is 9. The number of carboxylic acid groups (broad SMARTS) is 2. The predicted octanol–water partition coefficient (Wildman–Crippen LogP) is 0.0818. The fourth-order valence-corrected chi connectivity index (χ4v) is 14.8. The summed E-state index contributed by atoms with van der Waals surface area (Å²) in [6.07, 6.45) is -9.81. The molecule has 4 fully saturated rings. The lowest BCUT2D eigenvalue weighted by Crippen LogP contribution is -2.71. The molecule has 4 rings (SSSR count). The number of rotatable bonds is 60. The minimum atomic E-state index is -3.39. The lowest BCUT2D eigenvalue weighted by molar-refractivity contribution is -0.386. The normalized spacial score (nSPS) is 30.7. The molecule has 0 spiro atoms. The van der Waals surface area contributed by atoms with Gasteiger partial charge < -0.3 is 150 Å². The van der Waals surface area contributed by atoms with E-state index in [0.717, 1.165) is 78.2 Å². The summed E-state index contributed by atoms with van der Waals surface area (Å²) in [5, 5.41) is 206. The molecule has 0 bridgehead atoms. The number of methoxy groups -OCH3 is 1. The molecular formula is C76H139N3O32. The lowest BCUT2D eigenvalue weighted by atomic mass is 9.88. The second-order valence-electron chi connectivity index (χ2n) is 30.6. The van der Waals surface area contributed by atoms with Crippen molar-refractivity contribution < 1.29 is 159 Å². The van der Waals surface area contributed by atoms with Gasteiger partial charge in [-0.25, -0.2) is 9.59 Å². The number of carbonyl (C=O) groups excluding carboxylic acids is 3. The van der Waals surface area contributed by atoms with E-state index in [1.54, 1.807) is 0 Å². The van der Waals surface area contributed by atoms with Crippen molar-refractivity contribution in [3.63, 3.8) is 0 Å². The fourth-order valence-electron chi connectivity index (χ4n) is 14.8. The van der Waals surface area contributed by atoms with Gasteiger partial charge in [-0.3, -0.25) is 14.4 Å². The molecule has 111 heavy (non-hydrogen) atoms. The molecule has 0 aromatic carbocycles. The van der Waals surface area contributed by atoms with Gasteiger partial charge in [-0.2, -0.15) is 0 Å². The largest absolute Gasteiger partial charge is 0.477 e. The molecule has 35 heteroatoms. The van der Waals surface area contributed by atoms with Crippen molar-refractivity contribution in [2.75, 3.05) is 46.8 Å². The van der Waals surface area contributed by atoms with Crippen LogP contribution in [0.1, 0.15) is 245 Å². The van der Waals surface area contributed by atoms with Crippen molar-refractivity contribution >= 4 is 29.7 Å². The lowest BCUT2D eigenvalue weighted by Gasteiger charge is -2.50. The van der Waals surface area contributed by atoms with Crippen molar-refractivity contribution in [1.82, 2.24) is 16.0 Å². The van der Waals surface area contributed by atoms with Crippen LogP contribution in [0.5, 0.6) is 0 Å². The van der Waals surface area contributed by atoms with E-state index in [-0.39, 0.29) is 12.8 Å². The Morgan fingerprint density at radius 3 is 1.39 bits per heavy atom. The first-order valence-corrected chi connectivity index (χ1v) is 40.8. The molecule has 0 aromatic rings. The molecule has 4 aliphatic heterocycles. The van der Waals surface area contributed by atoms with Gasteiger partial charge in [-0.15, -0.1) is 0 Å². The molecule has 4 heterocycles. The van der Waals surface area contributed by atoms with Crippen molar-refractivity contribution in [3.05, 3.63) is 0 Å². The third-order valence-electron chi connectivity index (χ3n) is 21.6. The van der Waals surface area contributed by atoms with Crippen molar-refractivity contribution in [2.45, 2.75) is 404 Å². The summed E-state index contributed by atoms with van der Waals surface area (Å²) >= 11 is 0. The minimum Gasteiger partial charge on any atom is -0.477 e. The smallest absolute Gasteiger partial charge is 0.364 e. The van der Waals surface area contributed by atoms with E-state index in [1.807, 2.05) is 0 Å². The molecule has 3 amide bonds. The number of carboxylic acids is 2. The van der Waals surface area contributed by atoms with Crippen LogP contribution in [0.4, 0.5) is 0 Å². The van der Waals surface area contributed by atoms with Gasteiger partial charge in [0, 0.05) is 26.9 Å². The Morgan fingerprint density at radius 2 is 0.937 bits per heavy atom. The summed E-state index contributed by atoms with van der Waals surface area (Å²) in [6.45, 7) is -1.06. The Balaban J connectivity index is 1.44. The van der Waals surface area contributed by atoms with E-state index in [1.165, 1.54) is 122 Å². The first-order valence-electron chi connectivity index (χ1n) is 40.8. The molecule has 0 aromatic heterocycles. The number of aliphatic hydroxyl groups excluding tert-OH is 16. The van der Waals surface area contributed by atoms with Crippen LogP contribution in [0.25, 0.3) is 0 Å². The summed E-state index contributed by atoms with van der Waals surface area (Å²) in [7, 11) is 1.06. The van der Waals surface area contributed by atoms with E-state index >= 15 is 0 Å². The van der Waals surface area contributed by atoms with E-state index in [2.05, 4.69) is 29.8 Å². The Labute approximate surface area is 652 Å². The highest BCUT2D eigenvalue weighted by Crippen LogP contribution is 2.40. The van der Waals surface area contributed by atoms with Crippen LogP contribution in [-0.4, -0.2) is 327 Å². The Kier molecular flexibility index (Phi) is 48.2. The Morgan fingerprint density at radius 1 is 0.495 bits per heavy atom. The second kappa shape index (κ2) is 53.6. The number of aliphatic hydroxyl groups is 16. The minimum absolute atomic E-state index is 0.0898. The van der Waals surface area contributed by atoms with E-state index in [4.69, 9.17) is 42.6 Å². The van der Waals surface area contributed by atoms with Crippen LogP contribution in [0.3, 0.4) is 0 Å². The number of nitrogens with one attached hydrogen (secondary N) is 3. The molecule has 0 radical (unpaired) electrons. The number of unbranched alkanes of at least 4 members (excludes halogenated alkanes) is 29. The van der Waals surface area contributed by atoms with Gasteiger partial charge in [0.15, 0.2) is 12.6 Å². The summed E-state index contributed by atoms with van der Waals surface area (Å²) in [5.41, 5.74) is 0. The molecular weight excluding hydrogens is 1470 g/mol. The van der Waals surface area contributed by atoms with Gasteiger partial charge in [-0.05, 0) is 12.8 Å². The van der Waals surface area contributed by atoms with Crippen molar-refractivity contribution in [2.24, 2.45) is 0 Å². The SMILES string of the molecule is CCCCCCCCCCCCCCCCCCCCCC[C@@H](O)C(=O)N[C@@H](CO[C@@H]1O[C@H](CO)[C@@H](O[C@H]2O[C@H](CO)[C@H](O)[C@H](O[C@]3(C(=O)O)C[C@H](O)[C@@H](NC(=O)CO[C@]4(C(=O)O)C[C@H](O)[C@@H](NC(C)=O)[C@H]([C@H](O)[C@@H](CO)OC)O4)[C@H](C(O)C(O)CO)O3)[C@H]2O)[C@H](O)[C@H]1O)[C@H](O)[C@H](O)CCCCCCCCCCCCC. The molecule has 4 aliphatic rings. The monoisotopic (exact) mass is 1610 g/mol. The quantitative estimate of drug-likeness (QED) is 0.0359. The number of carbonyl (C=O) groups is 5. The predicted molar refractivity (Wildman–Crippen MR) is 395 cm³/mol.